The van der Waals surface area contributed by atoms with Crippen LogP contribution in [0.4, 0.5) is 10.1 Å². The standard InChI is InChI=1S/C19H22FN7/c20-16-12-21-8-4-17(16)25-10-5-14(6-11-25)19-24-23-18(27(19)15-2-3-15)13-26-9-1-7-22-26/h1,4,7-9,12,14-15H,2-3,5-6,10-11,13H2. The Labute approximate surface area is 156 Å². The number of aromatic nitrogens is 6. The van der Waals surface area contributed by atoms with Crippen molar-refractivity contribution >= 4 is 5.69 Å². The van der Waals surface area contributed by atoms with Crippen molar-refractivity contribution in [2.45, 2.75) is 44.2 Å². The molecule has 0 unspecified atom stereocenters. The molecule has 2 aliphatic rings. The maximum absolute atomic E-state index is 14.0. The van der Waals surface area contributed by atoms with Crippen LogP contribution in [-0.4, -0.2) is 42.6 Å². The predicted octanol–water partition coefficient (Wildman–Crippen LogP) is 2.78. The van der Waals surface area contributed by atoms with Gasteiger partial charge in [-0.05, 0) is 37.8 Å². The molecule has 140 valence electrons. The van der Waals surface area contributed by atoms with Gasteiger partial charge in [0.2, 0.25) is 0 Å². The molecule has 3 aromatic heterocycles. The third-order valence-corrected chi connectivity index (χ3v) is 5.52. The van der Waals surface area contributed by atoms with Crippen LogP contribution in [0.5, 0.6) is 0 Å². The smallest absolute Gasteiger partial charge is 0.164 e. The van der Waals surface area contributed by atoms with Gasteiger partial charge < -0.3 is 9.47 Å². The topological polar surface area (TPSA) is 64.7 Å². The molecule has 2 fully saturated rings. The Morgan fingerprint density at radius 3 is 2.63 bits per heavy atom. The SMILES string of the molecule is Fc1cnccc1N1CCC(c2nnc(Cn3cccn3)n2C2CC2)CC1. The number of hydrogen-bond donors (Lipinski definition) is 0. The Hall–Kier alpha value is -2.77. The first-order valence-corrected chi connectivity index (χ1v) is 9.55. The average Bonchev–Trinajstić information content (AvgIpc) is 3.24. The van der Waals surface area contributed by atoms with Crippen LogP contribution in [0.15, 0.2) is 36.9 Å². The zero-order chi connectivity index (χ0) is 18.2. The monoisotopic (exact) mass is 367 g/mol. The molecule has 4 heterocycles. The molecule has 1 aliphatic heterocycles. The van der Waals surface area contributed by atoms with E-state index in [4.69, 9.17) is 0 Å². The van der Waals surface area contributed by atoms with Crippen molar-refractivity contribution in [1.82, 2.24) is 29.5 Å². The molecule has 0 spiro atoms. The lowest BCUT2D eigenvalue weighted by Gasteiger charge is -2.33. The van der Waals surface area contributed by atoms with Crippen LogP contribution in [0.2, 0.25) is 0 Å². The molecule has 5 rings (SSSR count). The van der Waals surface area contributed by atoms with E-state index in [-0.39, 0.29) is 5.82 Å². The Morgan fingerprint density at radius 1 is 1.07 bits per heavy atom. The lowest BCUT2D eigenvalue weighted by molar-refractivity contribution is 0.456. The summed E-state index contributed by atoms with van der Waals surface area (Å²) in [5.41, 5.74) is 0.645. The molecule has 1 saturated carbocycles. The molecule has 0 radical (unpaired) electrons. The molecule has 1 saturated heterocycles. The third-order valence-electron chi connectivity index (χ3n) is 5.52. The highest BCUT2D eigenvalue weighted by Crippen LogP contribution is 2.40. The fourth-order valence-corrected chi connectivity index (χ4v) is 4.00. The van der Waals surface area contributed by atoms with Gasteiger partial charge in [-0.15, -0.1) is 10.2 Å². The number of halogens is 1. The first-order chi connectivity index (χ1) is 13.3. The summed E-state index contributed by atoms with van der Waals surface area (Å²) in [5, 5.41) is 13.3. The van der Waals surface area contributed by atoms with Gasteiger partial charge in [-0.25, -0.2) is 4.39 Å². The number of nitrogens with zero attached hydrogens (tertiary/aromatic N) is 7. The van der Waals surface area contributed by atoms with Gasteiger partial charge >= 0.3 is 0 Å². The summed E-state index contributed by atoms with van der Waals surface area (Å²) in [4.78, 5) is 5.95. The highest BCUT2D eigenvalue weighted by atomic mass is 19.1. The van der Waals surface area contributed by atoms with E-state index in [2.05, 4.69) is 29.7 Å². The van der Waals surface area contributed by atoms with Crippen molar-refractivity contribution < 1.29 is 4.39 Å². The van der Waals surface area contributed by atoms with Crippen molar-refractivity contribution in [3.8, 4) is 0 Å². The van der Waals surface area contributed by atoms with Crippen LogP contribution in [0.25, 0.3) is 0 Å². The second kappa shape index (κ2) is 6.75. The largest absolute Gasteiger partial charge is 0.369 e. The number of anilines is 1. The van der Waals surface area contributed by atoms with Crippen LogP contribution in [0.1, 0.15) is 49.3 Å². The van der Waals surface area contributed by atoms with E-state index in [9.17, 15) is 4.39 Å². The lowest BCUT2D eigenvalue weighted by atomic mass is 9.95. The van der Waals surface area contributed by atoms with Crippen molar-refractivity contribution in [3.63, 3.8) is 0 Å². The van der Waals surface area contributed by atoms with Crippen LogP contribution >= 0.6 is 0 Å². The molecule has 0 N–H and O–H groups in total. The van der Waals surface area contributed by atoms with Gasteiger partial charge in [-0.1, -0.05) is 0 Å². The molecule has 7 nitrogen and oxygen atoms in total. The number of piperidine rings is 1. The van der Waals surface area contributed by atoms with Crippen LogP contribution < -0.4 is 4.90 Å². The average molecular weight is 367 g/mol. The van der Waals surface area contributed by atoms with E-state index >= 15 is 0 Å². The summed E-state index contributed by atoms with van der Waals surface area (Å²) in [5.74, 6) is 2.19. The van der Waals surface area contributed by atoms with E-state index in [1.54, 1.807) is 18.5 Å². The molecule has 3 aromatic rings. The Balaban J connectivity index is 1.34. The summed E-state index contributed by atoms with van der Waals surface area (Å²) >= 11 is 0. The summed E-state index contributed by atoms with van der Waals surface area (Å²) in [6, 6.07) is 4.20. The van der Waals surface area contributed by atoms with Crippen LogP contribution in [-0.2, 0) is 6.54 Å². The van der Waals surface area contributed by atoms with E-state index in [1.807, 2.05) is 16.9 Å². The normalized spacial score (nSPS) is 18.2. The van der Waals surface area contributed by atoms with E-state index in [0.29, 0.717) is 24.2 Å². The fourth-order valence-electron chi connectivity index (χ4n) is 4.00. The summed E-state index contributed by atoms with van der Waals surface area (Å²) < 4.78 is 18.2. The van der Waals surface area contributed by atoms with Gasteiger partial charge in [-0.3, -0.25) is 9.67 Å². The van der Waals surface area contributed by atoms with Gasteiger partial charge in [-0.2, -0.15) is 5.10 Å². The zero-order valence-corrected chi connectivity index (χ0v) is 15.1. The minimum absolute atomic E-state index is 0.251. The maximum Gasteiger partial charge on any atom is 0.164 e. The first kappa shape index (κ1) is 16.4. The first-order valence-electron chi connectivity index (χ1n) is 9.55. The molecule has 27 heavy (non-hydrogen) atoms. The van der Waals surface area contributed by atoms with Crippen molar-refractivity contribution in [3.05, 3.63) is 54.4 Å². The third kappa shape index (κ3) is 3.20. The van der Waals surface area contributed by atoms with Crippen LogP contribution in [0, 0.1) is 5.82 Å². The minimum Gasteiger partial charge on any atom is -0.369 e. The van der Waals surface area contributed by atoms with Gasteiger partial charge in [0, 0.05) is 43.6 Å². The molecule has 0 amide bonds. The van der Waals surface area contributed by atoms with Gasteiger partial charge in [0.05, 0.1) is 11.9 Å². The van der Waals surface area contributed by atoms with Crippen LogP contribution in [0.3, 0.4) is 0 Å². The summed E-state index contributed by atoms with van der Waals surface area (Å²) in [6.07, 6.45) is 11.0. The number of pyridine rings is 1. The molecule has 0 aromatic carbocycles. The molecular formula is C19H22FN7. The van der Waals surface area contributed by atoms with E-state index < -0.39 is 0 Å². The summed E-state index contributed by atoms with van der Waals surface area (Å²) in [7, 11) is 0. The van der Waals surface area contributed by atoms with E-state index in [1.165, 1.54) is 19.0 Å². The Morgan fingerprint density at radius 2 is 1.93 bits per heavy atom. The number of hydrogen-bond acceptors (Lipinski definition) is 5. The highest BCUT2D eigenvalue weighted by Gasteiger charge is 2.33. The lowest BCUT2D eigenvalue weighted by Crippen LogP contribution is -2.34. The van der Waals surface area contributed by atoms with E-state index in [0.717, 1.165) is 37.6 Å². The quantitative estimate of drug-likeness (QED) is 0.694. The maximum atomic E-state index is 14.0. The molecular weight excluding hydrogens is 345 g/mol. The van der Waals surface area contributed by atoms with Gasteiger partial charge in [0.15, 0.2) is 11.6 Å². The second-order valence-electron chi connectivity index (χ2n) is 7.37. The predicted molar refractivity (Wildman–Crippen MR) is 98.0 cm³/mol. The zero-order valence-electron chi connectivity index (χ0n) is 15.1. The van der Waals surface area contributed by atoms with Crippen molar-refractivity contribution in [2.24, 2.45) is 0 Å². The van der Waals surface area contributed by atoms with Gasteiger partial charge in [0.25, 0.3) is 0 Å². The number of rotatable bonds is 5. The molecule has 1 aliphatic carbocycles. The Bertz CT molecular complexity index is 908. The summed E-state index contributed by atoms with van der Waals surface area (Å²) in [6.45, 7) is 2.28. The molecule has 8 heteroatoms. The van der Waals surface area contributed by atoms with Gasteiger partial charge in [0.1, 0.15) is 12.4 Å². The molecule has 0 atom stereocenters. The second-order valence-corrected chi connectivity index (χ2v) is 7.37. The van der Waals surface area contributed by atoms with Crippen molar-refractivity contribution in [1.29, 1.82) is 0 Å². The highest BCUT2D eigenvalue weighted by molar-refractivity contribution is 5.46. The van der Waals surface area contributed by atoms with Crippen molar-refractivity contribution in [2.75, 3.05) is 18.0 Å². The minimum atomic E-state index is -0.251. The molecule has 0 bridgehead atoms. The Kier molecular flexibility index (Phi) is 4.10. The fraction of sp³-hybridized carbons (Fsp3) is 0.474.